The first kappa shape index (κ1) is 14.9. The van der Waals surface area contributed by atoms with Crippen molar-refractivity contribution in [3.8, 4) is 0 Å². The molecule has 0 radical (unpaired) electrons. The van der Waals surface area contributed by atoms with Gasteiger partial charge in [-0.05, 0) is 30.0 Å². The van der Waals surface area contributed by atoms with Crippen LogP contribution in [0.25, 0.3) is 0 Å². The molecule has 2 N–H and O–H groups in total. The standard InChI is InChI=1S/C13H17FN2O3S/c1-13(2)5-6-16(8-13)12(17)10-7-9(20(15,18)19)3-4-11(10)14/h3-4,7H,5-6,8H2,1-2H3,(H2,15,18,19). The second-order valence-corrected chi connectivity index (χ2v) is 7.39. The van der Waals surface area contributed by atoms with Crippen LogP contribution < -0.4 is 5.14 Å². The summed E-state index contributed by atoms with van der Waals surface area (Å²) < 4.78 is 36.3. The number of nitrogens with two attached hydrogens (primary N) is 1. The number of benzene rings is 1. The molecule has 1 amide bonds. The maximum Gasteiger partial charge on any atom is 0.256 e. The van der Waals surface area contributed by atoms with Gasteiger partial charge in [0.15, 0.2) is 0 Å². The summed E-state index contributed by atoms with van der Waals surface area (Å²) in [5.74, 6) is -1.24. The Labute approximate surface area is 117 Å². The van der Waals surface area contributed by atoms with Gasteiger partial charge < -0.3 is 4.90 Å². The first-order valence-corrected chi connectivity index (χ1v) is 7.76. The molecule has 7 heteroatoms. The van der Waals surface area contributed by atoms with Gasteiger partial charge in [-0.2, -0.15) is 0 Å². The lowest BCUT2D eigenvalue weighted by molar-refractivity contribution is 0.0773. The summed E-state index contributed by atoms with van der Waals surface area (Å²) in [5.41, 5.74) is -0.266. The Morgan fingerprint density at radius 1 is 1.40 bits per heavy atom. The number of carbonyl (C=O) groups excluding carboxylic acids is 1. The minimum Gasteiger partial charge on any atom is -0.338 e. The highest BCUT2D eigenvalue weighted by Gasteiger charge is 2.33. The van der Waals surface area contributed by atoms with Crippen molar-refractivity contribution < 1.29 is 17.6 Å². The van der Waals surface area contributed by atoms with Gasteiger partial charge in [0.05, 0.1) is 10.5 Å². The third-order valence-electron chi connectivity index (χ3n) is 3.46. The summed E-state index contributed by atoms with van der Waals surface area (Å²) in [6.45, 7) is 5.10. The zero-order valence-corrected chi connectivity index (χ0v) is 12.2. The second kappa shape index (κ2) is 4.82. The predicted molar refractivity (Wildman–Crippen MR) is 72.1 cm³/mol. The quantitative estimate of drug-likeness (QED) is 0.895. The Morgan fingerprint density at radius 2 is 2.05 bits per heavy atom. The predicted octanol–water partition coefficient (Wildman–Crippen LogP) is 1.35. The fourth-order valence-corrected chi connectivity index (χ4v) is 2.84. The van der Waals surface area contributed by atoms with Gasteiger partial charge in [0, 0.05) is 13.1 Å². The van der Waals surface area contributed by atoms with E-state index in [9.17, 15) is 17.6 Å². The molecule has 20 heavy (non-hydrogen) atoms. The van der Waals surface area contributed by atoms with Gasteiger partial charge in [0.1, 0.15) is 5.82 Å². The van der Waals surface area contributed by atoms with E-state index in [-0.39, 0.29) is 15.9 Å². The molecular weight excluding hydrogens is 283 g/mol. The molecule has 1 aliphatic heterocycles. The third-order valence-corrected chi connectivity index (χ3v) is 4.37. The molecule has 2 rings (SSSR count). The van der Waals surface area contributed by atoms with Crippen molar-refractivity contribution in [2.75, 3.05) is 13.1 Å². The van der Waals surface area contributed by atoms with Crippen LogP contribution in [0.15, 0.2) is 23.1 Å². The molecular formula is C13H17FN2O3S. The van der Waals surface area contributed by atoms with Crippen LogP contribution in [0, 0.1) is 11.2 Å². The molecule has 1 aliphatic rings. The van der Waals surface area contributed by atoms with Crippen LogP contribution in [0.5, 0.6) is 0 Å². The molecule has 1 saturated heterocycles. The average molecular weight is 300 g/mol. The van der Waals surface area contributed by atoms with E-state index in [1.54, 1.807) is 0 Å². The molecule has 1 aromatic rings. The summed E-state index contributed by atoms with van der Waals surface area (Å²) in [5, 5.41) is 5.00. The molecule has 0 bridgehead atoms. The number of carbonyl (C=O) groups is 1. The van der Waals surface area contributed by atoms with Crippen molar-refractivity contribution in [3.63, 3.8) is 0 Å². The van der Waals surface area contributed by atoms with Gasteiger partial charge >= 0.3 is 0 Å². The monoisotopic (exact) mass is 300 g/mol. The zero-order valence-electron chi connectivity index (χ0n) is 11.4. The molecule has 1 heterocycles. The number of amides is 1. The maximum atomic E-state index is 13.8. The number of halogens is 1. The van der Waals surface area contributed by atoms with Crippen LogP contribution in [0.2, 0.25) is 0 Å². The molecule has 1 fully saturated rings. The highest BCUT2D eigenvalue weighted by molar-refractivity contribution is 7.89. The molecule has 0 saturated carbocycles. The first-order chi connectivity index (χ1) is 9.10. The Hall–Kier alpha value is -1.47. The van der Waals surface area contributed by atoms with Gasteiger partial charge in [0.2, 0.25) is 10.0 Å². The van der Waals surface area contributed by atoms with Gasteiger partial charge in [-0.15, -0.1) is 0 Å². The van der Waals surface area contributed by atoms with Gasteiger partial charge in [-0.25, -0.2) is 17.9 Å². The highest BCUT2D eigenvalue weighted by Crippen LogP contribution is 2.30. The Kier molecular flexibility index (Phi) is 3.60. The van der Waals surface area contributed by atoms with E-state index in [1.165, 1.54) is 4.90 Å². The fraction of sp³-hybridized carbons (Fsp3) is 0.462. The lowest BCUT2D eigenvalue weighted by Gasteiger charge is -2.20. The van der Waals surface area contributed by atoms with E-state index >= 15 is 0 Å². The Morgan fingerprint density at radius 3 is 2.55 bits per heavy atom. The zero-order chi connectivity index (χ0) is 15.1. The Bertz CT molecular complexity index is 656. The molecule has 0 spiro atoms. The van der Waals surface area contributed by atoms with Gasteiger partial charge in [-0.3, -0.25) is 4.79 Å². The highest BCUT2D eigenvalue weighted by atomic mass is 32.2. The average Bonchev–Trinajstić information content (AvgIpc) is 2.68. The lowest BCUT2D eigenvalue weighted by atomic mass is 9.93. The van der Waals surface area contributed by atoms with E-state index in [4.69, 9.17) is 5.14 Å². The minimum absolute atomic E-state index is 0.0102. The van der Waals surface area contributed by atoms with Crippen LogP contribution in [-0.4, -0.2) is 32.3 Å². The van der Waals surface area contributed by atoms with Crippen molar-refractivity contribution >= 4 is 15.9 Å². The third kappa shape index (κ3) is 2.99. The van der Waals surface area contributed by atoms with Crippen molar-refractivity contribution in [1.82, 2.24) is 4.90 Å². The van der Waals surface area contributed by atoms with E-state index in [0.717, 1.165) is 24.6 Å². The minimum atomic E-state index is -3.96. The number of hydrogen-bond acceptors (Lipinski definition) is 3. The molecule has 1 aromatic carbocycles. The normalized spacial score (nSPS) is 18.3. The summed E-state index contributed by atoms with van der Waals surface area (Å²) in [4.78, 5) is 13.6. The number of sulfonamides is 1. The number of rotatable bonds is 2. The largest absolute Gasteiger partial charge is 0.338 e. The van der Waals surface area contributed by atoms with Crippen LogP contribution in [0.1, 0.15) is 30.6 Å². The van der Waals surface area contributed by atoms with Crippen molar-refractivity contribution in [3.05, 3.63) is 29.6 Å². The van der Waals surface area contributed by atoms with Crippen molar-refractivity contribution in [2.24, 2.45) is 10.6 Å². The lowest BCUT2D eigenvalue weighted by Crippen LogP contribution is -2.31. The summed E-state index contributed by atoms with van der Waals surface area (Å²) in [7, 11) is -3.96. The fourth-order valence-electron chi connectivity index (χ4n) is 2.30. The SMILES string of the molecule is CC1(C)CCN(C(=O)c2cc(S(N)(=O)=O)ccc2F)C1. The Balaban J connectivity index is 2.35. The van der Waals surface area contributed by atoms with Crippen LogP contribution in [-0.2, 0) is 10.0 Å². The summed E-state index contributed by atoms with van der Waals surface area (Å²) in [6.07, 6.45) is 0.829. The van der Waals surface area contributed by atoms with Gasteiger partial charge in [-0.1, -0.05) is 13.8 Å². The van der Waals surface area contributed by atoms with Crippen LogP contribution >= 0.6 is 0 Å². The van der Waals surface area contributed by atoms with E-state index in [0.29, 0.717) is 13.1 Å². The van der Waals surface area contributed by atoms with Crippen LogP contribution in [0.4, 0.5) is 4.39 Å². The summed E-state index contributed by atoms with van der Waals surface area (Å²) >= 11 is 0. The maximum absolute atomic E-state index is 13.8. The first-order valence-electron chi connectivity index (χ1n) is 6.22. The van der Waals surface area contributed by atoms with Crippen LogP contribution in [0.3, 0.4) is 0 Å². The van der Waals surface area contributed by atoms with Gasteiger partial charge in [0.25, 0.3) is 5.91 Å². The number of nitrogens with zero attached hydrogens (tertiary/aromatic N) is 1. The molecule has 0 aromatic heterocycles. The molecule has 0 unspecified atom stereocenters. The molecule has 5 nitrogen and oxygen atoms in total. The number of hydrogen-bond donors (Lipinski definition) is 1. The summed E-state index contributed by atoms with van der Waals surface area (Å²) in [6, 6.07) is 3.00. The van der Waals surface area contributed by atoms with Crippen molar-refractivity contribution in [1.29, 1.82) is 0 Å². The van der Waals surface area contributed by atoms with Crippen molar-refractivity contribution in [2.45, 2.75) is 25.2 Å². The topological polar surface area (TPSA) is 80.5 Å². The number of primary sulfonamides is 1. The number of likely N-dealkylation sites (tertiary alicyclic amines) is 1. The second-order valence-electron chi connectivity index (χ2n) is 5.83. The molecule has 110 valence electrons. The molecule has 0 atom stereocenters. The van der Waals surface area contributed by atoms with E-state index < -0.39 is 21.7 Å². The molecule has 0 aliphatic carbocycles. The van der Waals surface area contributed by atoms with E-state index in [2.05, 4.69) is 0 Å². The smallest absolute Gasteiger partial charge is 0.256 e. The van der Waals surface area contributed by atoms with E-state index in [1.807, 2.05) is 13.8 Å².